The third-order valence-corrected chi connectivity index (χ3v) is 4.56. The van der Waals surface area contributed by atoms with Crippen molar-refractivity contribution in [3.63, 3.8) is 0 Å². The normalized spacial score (nSPS) is 10.8. The molecule has 0 aliphatic heterocycles. The maximum absolute atomic E-state index is 4.55. The van der Waals surface area contributed by atoms with Crippen LogP contribution in [0.15, 0.2) is 91.1 Å². The molecule has 0 saturated carbocycles. The maximum Gasteiger partial charge on any atom is 0.0720 e. The Balaban J connectivity index is 1.87. The van der Waals surface area contributed by atoms with E-state index in [9.17, 15) is 0 Å². The summed E-state index contributed by atoms with van der Waals surface area (Å²) in [4.78, 5) is 4.55. The topological polar surface area (TPSA) is 17.8 Å². The van der Waals surface area contributed by atoms with Crippen molar-refractivity contribution in [3.05, 3.63) is 102 Å². The molecule has 0 saturated heterocycles. The molecular formula is C23H20N2. The highest BCUT2D eigenvalue weighted by molar-refractivity contribution is 5.73. The average Bonchev–Trinajstić information content (AvgIpc) is 3.01. The second-order valence-electron chi connectivity index (χ2n) is 6.18. The highest BCUT2D eigenvalue weighted by Crippen LogP contribution is 2.32. The minimum atomic E-state index is 0.851. The summed E-state index contributed by atoms with van der Waals surface area (Å²) < 4.78 is 2.38. The van der Waals surface area contributed by atoms with E-state index < -0.39 is 0 Å². The molecule has 25 heavy (non-hydrogen) atoms. The molecular weight excluding hydrogens is 304 g/mol. The standard InChI is InChI=1S/C23H20N2/c1-18-21(22-14-8-9-15-24-22)16-23(20-12-6-3-7-13-20)25(18)17-19-10-4-2-5-11-19/h2-16H,17H2,1H3. The van der Waals surface area contributed by atoms with Gasteiger partial charge in [-0.3, -0.25) is 4.98 Å². The van der Waals surface area contributed by atoms with E-state index in [-0.39, 0.29) is 0 Å². The third-order valence-electron chi connectivity index (χ3n) is 4.56. The van der Waals surface area contributed by atoms with Crippen molar-refractivity contribution in [1.29, 1.82) is 0 Å². The fourth-order valence-electron chi connectivity index (χ4n) is 3.24. The summed E-state index contributed by atoms with van der Waals surface area (Å²) >= 11 is 0. The van der Waals surface area contributed by atoms with E-state index in [0.717, 1.165) is 12.2 Å². The molecule has 0 radical (unpaired) electrons. The second-order valence-corrected chi connectivity index (χ2v) is 6.18. The van der Waals surface area contributed by atoms with Gasteiger partial charge in [0.1, 0.15) is 0 Å². The Kier molecular flexibility index (Phi) is 4.17. The summed E-state index contributed by atoms with van der Waals surface area (Å²) in [5.41, 5.74) is 7.19. The van der Waals surface area contributed by atoms with E-state index in [1.165, 1.54) is 28.1 Å². The van der Waals surface area contributed by atoms with Gasteiger partial charge in [0.2, 0.25) is 0 Å². The Morgan fingerprint density at radius 1 is 0.800 bits per heavy atom. The monoisotopic (exact) mass is 324 g/mol. The number of rotatable bonds is 4. The molecule has 2 aromatic heterocycles. The molecule has 2 heteroatoms. The molecule has 4 aromatic rings. The lowest BCUT2D eigenvalue weighted by molar-refractivity contribution is 0.785. The zero-order valence-electron chi connectivity index (χ0n) is 14.3. The van der Waals surface area contributed by atoms with Gasteiger partial charge in [-0.1, -0.05) is 66.7 Å². The number of aromatic nitrogens is 2. The highest BCUT2D eigenvalue weighted by Gasteiger charge is 2.15. The minimum Gasteiger partial charge on any atom is -0.340 e. The van der Waals surface area contributed by atoms with Gasteiger partial charge in [0.25, 0.3) is 0 Å². The molecule has 0 aliphatic carbocycles. The first-order valence-electron chi connectivity index (χ1n) is 8.54. The van der Waals surface area contributed by atoms with Crippen molar-refractivity contribution in [3.8, 4) is 22.5 Å². The molecule has 4 rings (SSSR count). The van der Waals surface area contributed by atoms with Gasteiger partial charge in [-0.2, -0.15) is 0 Å². The molecule has 0 amide bonds. The number of nitrogens with zero attached hydrogens (tertiary/aromatic N) is 2. The summed E-state index contributed by atoms with van der Waals surface area (Å²) in [6.07, 6.45) is 1.85. The number of benzene rings is 2. The van der Waals surface area contributed by atoms with Crippen LogP contribution in [-0.4, -0.2) is 9.55 Å². The van der Waals surface area contributed by atoms with E-state index in [1.54, 1.807) is 0 Å². The zero-order chi connectivity index (χ0) is 17.1. The molecule has 0 unspecified atom stereocenters. The summed E-state index contributed by atoms with van der Waals surface area (Å²) in [6, 6.07) is 29.5. The van der Waals surface area contributed by atoms with Gasteiger partial charge in [0, 0.05) is 29.7 Å². The van der Waals surface area contributed by atoms with E-state index >= 15 is 0 Å². The molecule has 2 nitrogen and oxygen atoms in total. The molecule has 2 aromatic carbocycles. The number of hydrogen-bond acceptors (Lipinski definition) is 1. The lowest BCUT2D eigenvalue weighted by Crippen LogP contribution is -2.04. The average molecular weight is 324 g/mol. The highest BCUT2D eigenvalue weighted by atomic mass is 15.0. The van der Waals surface area contributed by atoms with Crippen LogP contribution >= 0.6 is 0 Å². The van der Waals surface area contributed by atoms with Crippen LogP contribution in [0.1, 0.15) is 11.3 Å². The van der Waals surface area contributed by atoms with Crippen LogP contribution < -0.4 is 0 Å². The van der Waals surface area contributed by atoms with Crippen molar-refractivity contribution in [2.45, 2.75) is 13.5 Å². The Bertz CT molecular complexity index is 955. The van der Waals surface area contributed by atoms with Crippen LogP contribution in [0.4, 0.5) is 0 Å². The van der Waals surface area contributed by atoms with Crippen LogP contribution in [0.3, 0.4) is 0 Å². The molecule has 0 spiro atoms. The molecule has 0 atom stereocenters. The predicted molar refractivity (Wildman–Crippen MR) is 103 cm³/mol. The SMILES string of the molecule is Cc1c(-c2ccccn2)cc(-c2ccccc2)n1Cc1ccccc1. The van der Waals surface area contributed by atoms with Crippen LogP contribution in [0.25, 0.3) is 22.5 Å². The van der Waals surface area contributed by atoms with E-state index in [0.29, 0.717) is 0 Å². The van der Waals surface area contributed by atoms with Crippen molar-refractivity contribution in [2.75, 3.05) is 0 Å². The van der Waals surface area contributed by atoms with Gasteiger partial charge in [0.15, 0.2) is 0 Å². The Hall–Kier alpha value is -3.13. The Morgan fingerprint density at radius 3 is 2.16 bits per heavy atom. The first-order chi connectivity index (χ1) is 12.3. The first-order valence-corrected chi connectivity index (χ1v) is 8.54. The lowest BCUT2D eigenvalue weighted by atomic mass is 10.1. The van der Waals surface area contributed by atoms with Gasteiger partial charge in [-0.25, -0.2) is 0 Å². The molecule has 2 heterocycles. The minimum absolute atomic E-state index is 0.851. The zero-order valence-corrected chi connectivity index (χ0v) is 14.3. The summed E-state index contributed by atoms with van der Waals surface area (Å²) in [7, 11) is 0. The van der Waals surface area contributed by atoms with E-state index in [2.05, 4.69) is 89.3 Å². The smallest absolute Gasteiger partial charge is 0.0720 e. The quantitative estimate of drug-likeness (QED) is 0.479. The van der Waals surface area contributed by atoms with Gasteiger partial charge < -0.3 is 4.57 Å². The van der Waals surface area contributed by atoms with Crippen molar-refractivity contribution in [1.82, 2.24) is 9.55 Å². The van der Waals surface area contributed by atoms with Crippen LogP contribution in [0.2, 0.25) is 0 Å². The number of pyridine rings is 1. The molecule has 122 valence electrons. The lowest BCUT2D eigenvalue weighted by Gasteiger charge is -2.12. The summed E-state index contributed by atoms with van der Waals surface area (Å²) in [5, 5.41) is 0. The molecule has 0 fully saturated rings. The predicted octanol–water partition coefficient (Wildman–Crippen LogP) is 5.57. The molecule has 0 N–H and O–H groups in total. The Labute approximate surface area is 148 Å². The van der Waals surface area contributed by atoms with E-state index in [4.69, 9.17) is 0 Å². The van der Waals surface area contributed by atoms with Gasteiger partial charge in [0.05, 0.1) is 5.69 Å². The maximum atomic E-state index is 4.55. The van der Waals surface area contributed by atoms with Crippen LogP contribution in [0.5, 0.6) is 0 Å². The second kappa shape index (κ2) is 6.78. The van der Waals surface area contributed by atoms with Gasteiger partial charge in [-0.05, 0) is 36.2 Å². The largest absolute Gasteiger partial charge is 0.340 e. The summed E-state index contributed by atoms with van der Waals surface area (Å²) in [5.74, 6) is 0. The first kappa shape index (κ1) is 15.4. The molecule has 0 aliphatic rings. The van der Waals surface area contributed by atoms with E-state index in [1.807, 2.05) is 18.3 Å². The Morgan fingerprint density at radius 2 is 1.48 bits per heavy atom. The number of hydrogen-bond donors (Lipinski definition) is 0. The summed E-state index contributed by atoms with van der Waals surface area (Å²) in [6.45, 7) is 3.03. The van der Waals surface area contributed by atoms with Crippen molar-refractivity contribution in [2.24, 2.45) is 0 Å². The van der Waals surface area contributed by atoms with Gasteiger partial charge in [-0.15, -0.1) is 0 Å². The molecule has 0 bridgehead atoms. The van der Waals surface area contributed by atoms with Crippen LogP contribution in [-0.2, 0) is 6.54 Å². The van der Waals surface area contributed by atoms with Crippen molar-refractivity contribution >= 4 is 0 Å². The van der Waals surface area contributed by atoms with Crippen molar-refractivity contribution < 1.29 is 0 Å². The fraction of sp³-hybridized carbons (Fsp3) is 0.0870. The fourth-order valence-corrected chi connectivity index (χ4v) is 3.24. The van der Waals surface area contributed by atoms with Crippen LogP contribution in [0, 0.1) is 6.92 Å². The third kappa shape index (κ3) is 3.11. The van der Waals surface area contributed by atoms with Gasteiger partial charge >= 0.3 is 0 Å².